The van der Waals surface area contributed by atoms with Crippen LogP contribution in [0.2, 0.25) is 5.02 Å². The third kappa shape index (κ3) is 3.46. The number of fused-ring (bicyclic) bond motifs is 1. The second-order valence-corrected chi connectivity index (χ2v) is 6.94. The van der Waals surface area contributed by atoms with Crippen LogP contribution in [0.4, 0.5) is 0 Å². The highest BCUT2D eigenvalue weighted by Gasteiger charge is 2.20. The van der Waals surface area contributed by atoms with Crippen molar-refractivity contribution in [2.24, 2.45) is 0 Å². The predicted molar refractivity (Wildman–Crippen MR) is 99.2 cm³/mol. The molecular weight excluding hydrogens is 358 g/mol. The zero-order valence-corrected chi connectivity index (χ0v) is 14.9. The first-order chi connectivity index (χ1) is 12.1. The fourth-order valence-corrected chi connectivity index (χ4v) is 3.44. The maximum atomic E-state index is 12.1. The number of aromatic nitrogens is 2. The average molecular weight is 374 g/mol. The number of furan rings is 1. The van der Waals surface area contributed by atoms with Gasteiger partial charge in [-0.15, -0.1) is 0 Å². The van der Waals surface area contributed by atoms with Crippen molar-refractivity contribution in [2.75, 3.05) is 6.54 Å². The van der Waals surface area contributed by atoms with Gasteiger partial charge in [-0.2, -0.15) is 0 Å². The van der Waals surface area contributed by atoms with E-state index in [0.29, 0.717) is 22.9 Å². The van der Waals surface area contributed by atoms with E-state index in [0.717, 1.165) is 41.3 Å². The zero-order chi connectivity index (χ0) is 17.4. The minimum absolute atomic E-state index is 0.107. The maximum Gasteiger partial charge on any atom is 0.256 e. The van der Waals surface area contributed by atoms with Crippen molar-refractivity contribution < 1.29 is 4.42 Å². The molecular formula is C18H16ClN3O2S. The molecule has 0 saturated heterocycles. The van der Waals surface area contributed by atoms with Gasteiger partial charge in [0.2, 0.25) is 0 Å². The first-order valence-electron chi connectivity index (χ1n) is 8.00. The summed E-state index contributed by atoms with van der Waals surface area (Å²) in [6.07, 6.45) is 0.771. The van der Waals surface area contributed by atoms with Crippen LogP contribution in [0, 0.1) is 4.77 Å². The summed E-state index contributed by atoms with van der Waals surface area (Å²) >= 11 is 11.0. The highest BCUT2D eigenvalue weighted by Crippen LogP contribution is 2.25. The van der Waals surface area contributed by atoms with Gasteiger partial charge < -0.3 is 9.40 Å². The Morgan fingerprint density at radius 3 is 2.76 bits per heavy atom. The van der Waals surface area contributed by atoms with Crippen molar-refractivity contribution >= 4 is 23.8 Å². The molecule has 0 unspecified atom stereocenters. The summed E-state index contributed by atoms with van der Waals surface area (Å²) in [5, 5.41) is 0.701. The fraction of sp³-hybridized carbons (Fsp3) is 0.222. The minimum atomic E-state index is -0.107. The van der Waals surface area contributed by atoms with Crippen molar-refractivity contribution in [3.05, 3.63) is 73.6 Å². The fourth-order valence-electron chi connectivity index (χ4n) is 3.10. The lowest BCUT2D eigenvalue weighted by molar-refractivity contribution is 0.223. The molecule has 2 aromatic heterocycles. The minimum Gasteiger partial charge on any atom is -0.460 e. The SMILES string of the molecule is O=c1[nH]c(=S)[nH]c2c1CN(Cc1ccc(-c3ccc(Cl)cc3)o1)CC2. The zero-order valence-electron chi connectivity index (χ0n) is 13.3. The lowest BCUT2D eigenvalue weighted by Crippen LogP contribution is -2.35. The predicted octanol–water partition coefficient (Wildman–Crippen LogP) is 3.90. The molecule has 128 valence electrons. The smallest absolute Gasteiger partial charge is 0.256 e. The summed E-state index contributed by atoms with van der Waals surface area (Å²) < 4.78 is 6.34. The second-order valence-electron chi connectivity index (χ2n) is 6.10. The third-order valence-corrected chi connectivity index (χ3v) is 4.82. The van der Waals surface area contributed by atoms with Crippen molar-refractivity contribution in [1.29, 1.82) is 0 Å². The summed E-state index contributed by atoms with van der Waals surface area (Å²) in [7, 11) is 0. The second kappa shape index (κ2) is 6.63. The Morgan fingerprint density at radius 2 is 1.96 bits per heavy atom. The van der Waals surface area contributed by atoms with Crippen LogP contribution in [0.1, 0.15) is 17.0 Å². The van der Waals surface area contributed by atoms with Crippen LogP contribution >= 0.6 is 23.8 Å². The molecule has 1 aromatic carbocycles. The van der Waals surface area contributed by atoms with Gasteiger partial charge >= 0.3 is 0 Å². The van der Waals surface area contributed by atoms with E-state index in [1.165, 1.54) is 0 Å². The number of hydrogen-bond donors (Lipinski definition) is 2. The molecule has 3 aromatic rings. The lowest BCUT2D eigenvalue weighted by Gasteiger charge is -2.26. The van der Waals surface area contributed by atoms with Crippen molar-refractivity contribution in [3.8, 4) is 11.3 Å². The lowest BCUT2D eigenvalue weighted by atomic mass is 10.1. The third-order valence-electron chi connectivity index (χ3n) is 4.36. The van der Waals surface area contributed by atoms with Gasteiger partial charge in [0.15, 0.2) is 4.77 Å². The summed E-state index contributed by atoms with van der Waals surface area (Å²) in [4.78, 5) is 20.0. The van der Waals surface area contributed by atoms with Crippen molar-refractivity contribution in [2.45, 2.75) is 19.5 Å². The number of halogens is 1. The van der Waals surface area contributed by atoms with Crippen LogP contribution in [0.5, 0.6) is 0 Å². The first kappa shape index (κ1) is 16.3. The van der Waals surface area contributed by atoms with Crippen LogP contribution in [0.15, 0.2) is 45.6 Å². The van der Waals surface area contributed by atoms with Crippen LogP contribution in [-0.4, -0.2) is 21.4 Å². The molecule has 0 aliphatic carbocycles. The molecule has 1 aliphatic rings. The van der Waals surface area contributed by atoms with Crippen molar-refractivity contribution in [3.63, 3.8) is 0 Å². The Kier molecular flexibility index (Phi) is 4.33. The molecule has 4 rings (SSSR count). The number of nitrogens with zero attached hydrogens (tertiary/aromatic N) is 1. The average Bonchev–Trinajstić information content (AvgIpc) is 3.04. The Bertz CT molecular complexity index is 1020. The summed E-state index contributed by atoms with van der Waals surface area (Å²) in [5.41, 5.74) is 2.57. The highest BCUT2D eigenvalue weighted by atomic mass is 35.5. The van der Waals surface area contributed by atoms with Gasteiger partial charge in [-0.25, -0.2) is 0 Å². The molecule has 0 atom stereocenters. The van der Waals surface area contributed by atoms with E-state index in [4.69, 9.17) is 28.2 Å². The highest BCUT2D eigenvalue weighted by molar-refractivity contribution is 7.71. The Labute approximate surface area is 154 Å². The Balaban J connectivity index is 1.51. The molecule has 1 aliphatic heterocycles. The van der Waals surface area contributed by atoms with Gasteiger partial charge in [0.25, 0.3) is 5.56 Å². The molecule has 5 nitrogen and oxygen atoms in total. The van der Waals surface area contributed by atoms with Gasteiger partial charge in [-0.05, 0) is 48.6 Å². The Morgan fingerprint density at radius 1 is 1.16 bits per heavy atom. The molecule has 0 amide bonds. The molecule has 0 fully saturated rings. The van der Waals surface area contributed by atoms with Gasteiger partial charge in [-0.3, -0.25) is 14.7 Å². The van der Waals surface area contributed by atoms with Crippen LogP contribution in [0.25, 0.3) is 11.3 Å². The summed E-state index contributed by atoms with van der Waals surface area (Å²) in [6, 6.07) is 11.5. The number of nitrogens with one attached hydrogen (secondary N) is 2. The molecule has 0 radical (unpaired) electrons. The van der Waals surface area contributed by atoms with Gasteiger partial charge in [0, 0.05) is 35.8 Å². The molecule has 0 saturated carbocycles. The molecule has 25 heavy (non-hydrogen) atoms. The maximum absolute atomic E-state index is 12.1. The normalized spacial score (nSPS) is 14.4. The summed E-state index contributed by atoms with van der Waals surface area (Å²) in [6.45, 7) is 2.08. The van der Waals surface area contributed by atoms with Gasteiger partial charge in [-0.1, -0.05) is 11.6 Å². The van der Waals surface area contributed by atoms with Gasteiger partial charge in [0.05, 0.1) is 12.1 Å². The molecule has 2 N–H and O–H groups in total. The summed E-state index contributed by atoms with van der Waals surface area (Å²) in [5.74, 6) is 1.68. The number of rotatable bonds is 3. The Hall–Kier alpha value is -2.15. The van der Waals surface area contributed by atoms with Crippen LogP contribution in [-0.2, 0) is 19.5 Å². The molecule has 0 bridgehead atoms. The van der Waals surface area contributed by atoms with Crippen LogP contribution < -0.4 is 5.56 Å². The monoisotopic (exact) mass is 373 g/mol. The van der Waals surface area contributed by atoms with E-state index < -0.39 is 0 Å². The quantitative estimate of drug-likeness (QED) is 0.683. The molecule has 3 heterocycles. The van der Waals surface area contributed by atoms with Gasteiger partial charge in [0.1, 0.15) is 11.5 Å². The van der Waals surface area contributed by atoms with E-state index in [-0.39, 0.29) is 5.56 Å². The van der Waals surface area contributed by atoms with Crippen LogP contribution in [0.3, 0.4) is 0 Å². The van der Waals surface area contributed by atoms with E-state index in [2.05, 4.69) is 14.9 Å². The van der Waals surface area contributed by atoms with Crippen molar-refractivity contribution in [1.82, 2.24) is 14.9 Å². The number of aromatic amines is 2. The standard InChI is InChI=1S/C18H16ClN3O2S/c19-12-3-1-11(2-4-12)16-6-5-13(24-16)9-22-8-7-15-14(10-22)17(23)21-18(25)20-15/h1-6H,7-10H2,(H2,20,21,23,25). The number of benzene rings is 1. The molecule has 0 spiro atoms. The molecule has 7 heteroatoms. The largest absolute Gasteiger partial charge is 0.460 e. The first-order valence-corrected chi connectivity index (χ1v) is 8.78. The number of H-pyrrole nitrogens is 2. The number of hydrogen-bond acceptors (Lipinski definition) is 4. The van der Waals surface area contributed by atoms with E-state index in [9.17, 15) is 4.79 Å². The van der Waals surface area contributed by atoms with E-state index >= 15 is 0 Å². The van der Waals surface area contributed by atoms with E-state index in [1.807, 2.05) is 36.4 Å². The van der Waals surface area contributed by atoms with E-state index in [1.54, 1.807) is 0 Å². The topological polar surface area (TPSA) is 65.0 Å².